The molecule has 0 fully saturated rings. The highest BCUT2D eigenvalue weighted by atomic mass is 35.5. The molecule has 1 amide bonds. The van der Waals surface area contributed by atoms with Crippen LogP contribution >= 0.6 is 11.6 Å². The van der Waals surface area contributed by atoms with Crippen molar-refractivity contribution < 1.29 is 14.5 Å². The number of carbonyl (C=O) groups excluding carboxylic acids is 1. The molecule has 0 bridgehead atoms. The van der Waals surface area contributed by atoms with E-state index in [1.807, 2.05) is 42.6 Å². The average molecular weight is 361 g/mol. The summed E-state index contributed by atoms with van der Waals surface area (Å²) in [6.45, 7) is 2.31. The molecule has 0 heterocycles. The second kappa shape index (κ2) is 9.16. The number of hydrogen-bond acceptors (Lipinski definition) is 2. The van der Waals surface area contributed by atoms with Crippen LogP contribution in [-0.4, -0.2) is 19.0 Å². The summed E-state index contributed by atoms with van der Waals surface area (Å²) in [5, 5.41) is 11.3. The van der Waals surface area contributed by atoms with Gasteiger partial charge in [0, 0.05) is 17.1 Å². The van der Waals surface area contributed by atoms with Gasteiger partial charge in [-0.1, -0.05) is 35.9 Å². The largest absolute Gasteiger partial charge is 0.333 e. The Morgan fingerprint density at radius 3 is 2.60 bits per heavy atom. The Labute approximate surface area is 151 Å². The van der Waals surface area contributed by atoms with Gasteiger partial charge in [0.1, 0.15) is 11.9 Å². The molecule has 2 rings (SSSR count). The van der Waals surface area contributed by atoms with Gasteiger partial charge in [0.15, 0.2) is 6.54 Å². The number of nitriles is 1. The molecule has 130 valence electrons. The number of halogens is 2. The average Bonchev–Trinajstić information content (AvgIpc) is 2.62. The summed E-state index contributed by atoms with van der Waals surface area (Å²) in [5.41, 5.74) is 1.25. The van der Waals surface area contributed by atoms with Crippen LogP contribution in [0.3, 0.4) is 0 Å². The standard InChI is InChI=1S/C19H19ClFN3O/c1-14(15-7-9-16(20)10-8-15)23-13-19(25)24(12-4-11-22)18-6-3-2-5-17(18)21/h2-3,5-10,14,23H,4,12-13H2,1H3/p+1/t14-/m1/s1. The third kappa shape index (κ3) is 5.28. The Morgan fingerprint density at radius 1 is 1.28 bits per heavy atom. The van der Waals surface area contributed by atoms with Gasteiger partial charge in [0.05, 0.1) is 18.2 Å². The van der Waals surface area contributed by atoms with Crippen LogP contribution < -0.4 is 10.2 Å². The van der Waals surface area contributed by atoms with Crippen molar-refractivity contribution in [3.63, 3.8) is 0 Å². The van der Waals surface area contributed by atoms with Gasteiger partial charge in [-0.05, 0) is 31.2 Å². The van der Waals surface area contributed by atoms with Crippen LogP contribution in [0, 0.1) is 17.1 Å². The third-order valence-electron chi connectivity index (χ3n) is 3.93. The first-order chi connectivity index (χ1) is 12.0. The lowest BCUT2D eigenvalue weighted by Crippen LogP contribution is -2.87. The van der Waals surface area contributed by atoms with Crippen LogP contribution in [0.4, 0.5) is 10.1 Å². The Bertz CT molecular complexity index is 758. The van der Waals surface area contributed by atoms with Crippen LogP contribution in [0.2, 0.25) is 5.02 Å². The fraction of sp³-hybridized carbons (Fsp3) is 0.263. The van der Waals surface area contributed by atoms with E-state index in [1.165, 1.54) is 11.0 Å². The maximum atomic E-state index is 14.0. The first-order valence-corrected chi connectivity index (χ1v) is 8.41. The lowest BCUT2D eigenvalue weighted by molar-refractivity contribution is -0.682. The zero-order chi connectivity index (χ0) is 18.2. The predicted octanol–water partition coefficient (Wildman–Crippen LogP) is 3.05. The molecule has 2 aromatic rings. The van der Waals surface area contributed by atoms with E-state index in [9.17, 15) is 9.18 Å². The molecule has 0 saturated heterocycles. The number of carbonyl (C=O) groups is 1. The zero-order valence-electron chi connectivity index (χ0n) is 14.0. The number of rotatable bonds is 7. The Morgan fingerprint density at radius 2 is 1.96 bits per heavy atom. The number of nitrogens with two attached hydrogens (primary N) is 1. The van der Waals surface area contributed by atoms with E-state index in [0.29, 0.717) is 5.02 Å². The molecule has 0 aliphatic carbocycles. The SMILES string of the molecule is C[C@@H]([NH2+]CC(=O)N(CCC#N)c1ccccc1F)c1ccc(Cl)cc1. The molecule has 2 aromatic carbocycles. The lowest BCUT2D eigenvalue weighted by atomic mass is 10.1. The molecule has 0 unspecified atom stereocenters. The normalized spacial score (nSPS) is 11.6. The molecule has 6 heteroatoms. The van der Waals surface area contributed by atoms with Crippen LogP contribution in [0.15, 0.2) is 48.5 Å². The molecule has 0 radical (unpaired) electrons. The minimum Gasteiger partial charge on any atom is -0.333 e. The van der Waals surface area contributed by atoms with Gasteiger partial charge >= 0.3 is 0 Å². The first-order valence-electron chi connectivity index (χ1n) is 8.03. The van der Waals surface area contributed by atoms with Crippen molar-refractivity contribution in [3.8, 4) is 6.07 Å². The van der Waals surface area contributed by atoms with E-state index in [1.54, 1.807) is 18.2 Å². The van der Waals surface area contributed by atoms with E-state index in [0.717, 1.165) is 5.56 Å². The van der Waals surface area contributed by atoms with Gasteiger partial charge in [-0.2, -0.15) is 5.26 Å². The summed E-state index contributed by atoms with van der Waals surface area (Å²) in [4.78, 5) is 13.9. The maximum Gasteiger partial charge on any atom is 0.282 e. The molecule has 0 aromatic heterocycles. The number of amides is 1. The van der Waals surface area contributed by atoms with Gasteiger partial charge in [-0.25, -0.2) is 4.39 Å². The molecular weight excluding hydrogens is 341 g/mol. The highest BCUT2D eigenvalue weighted by Gasteiger charge is 2.21. The fourth-order valence-electron chi connectivity index (χ4n) is 2.50. The minimum absolute atomic E-state index is 0.0552. The molecule has 0 saturated carbocycles. The van der Waals surface area contributed by atoms with Crippen LogP contribution in [0.25, 0.3) is 0 Å². The molecule has 0 aliphatic rings. The van der Waals surface area contributed by atoms with Gasteiger partial charge in [0.2, 0.25) is 0 Å². The van der Waals surface area contributed by atoms with Crippen LogP contribution in [0.1, 0.15) is 24.9 Å². The molecular formula is C19H20ClFN3O+. The molecule has 25 heavy (non-hydrogen) atoms. The van der Waals surface area contributed by atoms with Crippen LogP contribution in [0.5, 0.6) is 0 Å². The van der Waals surface area contributed by atoms with Crippen molar-refractivity contribution in [1.29, 1.82) is 5.26 Å². The molecule has 1 atom stereocenters. The number of anilines is 1. The lowest BCUT2D eigenvalue weighted by Gasteiger charge is -2.22. The minimum atomic E-state index is -0.473. The smallest absolute Gasteiger partial charge is 0.282 e. The summed E-state index contributed by atoms with van der Waals surface area (Å²) in [5.74, 6) is -0.708. The number of quaternary nitrogens is 1. The first kappa shape index (κ1) is 18.9. The summed E-state index contributed by atoms with van der Waals surface area (Å²) in [6.07, 6.45) is 0.146. The maximum absolute atomic E-state index is 14.0. The quantitative estimate of drug-likeness (QED) is 0.825. The van der Waals surface area contributed by atoms with Crippen LogP contribution in [-0.2, 0) is 4.79 Å². The monoisotopic (exact) mass is 360 g/mol. The number of hydrogen-bond donors (Lipinski definition) is 1. The van der Waals surface area contributed by atoms with Gasteiger partial charge < -0.3 is 10.2 Å². The van der Waals surface area contributed by atoms with E-state index >= 15 is 0 Å². The van der Waals surface area contributed by atoms with E-state index in [-0.39, 0.29) is 37.1 Å². The van der Waals surface area contributed by atoms with Gasteiger partial charge in [-0.3, -0.25) is 4.79 Å². The number of benzene rings is 2. The van der Waals surface area contributed by atoms with Gasteiger partial charge in [-0.15, -0.1) is 0 Å². The number of para-hydroxylation sites is 1. The third-order valence-corrected chi connectivity index (χ3v) is 4.19. The Balaban J connectivity index is 2.05. The second-order valence-corrected chi connectivity index (χ2v) is 6.12. The molecule has 4 nitrogen and oxygen atoms in total. The van der Waals surface area contributed by atoms with E-state index < -0.39 is 5.82 Å². The summed E-state index contributed by atoms with van der Waals surface area (Å²) >= 11 is 5.88. The van der Waals surface area contributed by atoms with Crippen molar-refractivity contribution >= 4 is 23.2 Å². The van der Waals surface area contributed by atoms with Crippen molar-refractivity contribution in [2.45, 2.75) is 19.4 Å². The summed E-state index contributed by atoms with van der Waals surface area (Å²) in [7, 11) is 0. The molecule has 2 N–H and O–H groups in total. The Hall–Kier alpha value is -2.42. The fourth-order valence-corrected chi connectivity index (χ4v) is 2.63. The second-order valence-electron chi connectivity index (χ2n) is 5.68. The summed E-state index contributed by atoms with van der Waals surface area (Å²) in [6, 6.07) is 15.6. The van der Waals surface area contributed by atoms with Crippen molar-refractivity contribution in [1.82, 2.24) is 0 Å². The molecule has 0 aliphatic heterocycles. The highest BCUT2D eigenvalue weighted by molar-refractivity contribution is 6.30. The van der Waals surface area contributed by atoms with E-state index in [2.05, 4.69) is 0 Å². The molecule has 0 spiro atoms. The Kier molecular flexibility index (Phi) is 6.93. The van der Waals surface area contributed by atoms with Crippen molar-refractivity contribution in [2.75, 3.05) is 18.0 Å². The van der Waals surface area contributed by atoms with Gasteiger partial charge in [0.25, 0.3) is 5.91 Å². The van der Waals surface area contributed by atoms with Crippen molar-refractivity contribution in [2.24, 2.45) is 0 Å². The number of nitrogens with zero attached hydrogens (tertiary/aromatic N) is 2. The van der Waals surface area contributed by atoms with Crippen molar-refractivity contribution in [3.05, 3.63) is 64.9 Å². The predicted molar refractivity (Wildman–Crippen MR) is 95.6 cm³/mol. The zero-order valence-corrected chi connectivity index (χ0v) is 14.7. The highest BCUT2D eigenvalue weighted by Crippen LogP contribution is 2.19. The van der Waals surface area contributed by atoms with E-state index in [4.69, 9.17) is 16.9 Å². The summed E-state index contributed by atoms with van der Waals surface area (Å²) < 4.78 is 14.0. The topological polar surface area (TPSA) is 60.7 Å².